The van der Waals surface area contributed by atoms with Crippen LogP contribution in [0.15, 0.2) is 47.4 Å². The molecule has 0 bridgehead atoms. The monoisotopic (exact) mass is 387 g/mol. The summed E-state index contributed by atoms with van der Waals surface area (Å²) in [4.78, 5) is 23.5. The zero-order chi connectivity index (χ0) is 17.9. The van der Waals surface area contributed by atoms with Crippen molar-refractivity contribution >= 4 is 56.4 Å². The van der Waals surface area contributed by atoms with Crippen LogP contribution in [0, 0.1) is 0 Å². The van der Waals surface area contributed by atoms with E-state index in [2.05, 4.69) is 10.6 Å². The largest absolute Gasteiger partial charge is 0.318 e. The van der Waals surface area contributed by atoms with Crippen molar-refractivity contribution in [3.8, 4) is 0 Å². The van der Waals surface area contributed by atoms with Crippen molar-refractivity contribution in [2.24, 2.45) is 5.14 Å². The second-order valence-electron chi connectivity index (χ2n) is 4.61. The van der Waals surface area contributed by atoms with Crippen LogP contribution in [0.25, 0.3) is 0 Å². The van der Waals surface area contributed by atoms with Crippen LogP contribution < -0.4 is 15.8 Å². The zero-order valence-electron chi connectivity index (χ0n) is 11.9. The Bertz CT molecular complexity index is 899. The smallest absolute Gasteiger partial charge is 0.314 e. The van der Waals surface area contributed by atoms with E-state index in [1.165, 1.54) is 42.5 Å². The molecule has 2 rings (SSSR count). The van der Waals surface area contributed by atoms with Gasteiger partial charge >= 0.3 is 11.8 Å². The van der Waals surface area contributed by atoms with Gasteiger partial charge in [0.25, 0.3) is 0 Å². The molecule has 0 aliphatic heterocycles. The summed E-state index contributed by atoms with van der Waals surface area (Å²) in [5, 5.41) is 10.2. The maximum Gasteiger partial charge on any atom is 0.314 e. The van der Waals surface area contributed by atoms with Gasteiger partial charge in [-0.15, -0.1) is 0 Å². The first-order chi connectivity index (χ1) is 11.2. The van der Waals surface area contributed by atoms with Crippen molar-refractivity contribution in [2.45, 2.75) is 4.90 Å². The Morgan fingerprint density at radius 2 is 1.33 bits per heavy atom. The molecule has 0 fully saturated rings. The summed E-state index contributed by atoms with van der Waals surface area (Å²) < 4.78 is 22.3. The molecule has 0 aromatic heterocycles. The summed E-state index contributed by atoms with van der Waals surface area (Å²) in [6.07, 6.45) is 0. The molecule has 0 aliphatic carbocycles. The summed E-state index contributed by atoms with van der Waals surface area (Å²) in [5.41, 5.74) is 0.533. The predicted molar refractivity (Wildman–Crippen MR) is 91.5 cm³/mol. The number of carbonyl (C=O) groups is 2. The second-order valence-corrected chi connectivity index (χ2v) is 6.98. The molecule has 0 radical (unpaired) electrons. The lowest BCUT2D eigenvalue weighted by Gasteiger charge is -2.08. The minimum Gasteiger partial charge on any atom is -0.318 e. The maximum absolute atomic E-state index is 11.8. The van der Waals surface area contributed by atoms with Crippen LogP contribution in [0.5, 0.6) is 0 Å². The summed E-state index contributed by atoms with van der Waals surface area (Å²) >= 11 is 11.6. The Kier molecular flexibility index (Phi) is 5.45. The zero-order valence-corrected chi connectivity index (χ0v) is 14.2. The number of nitrogens with two attached hydrogens (primary N) is 1. The van der Waals surface area contributed by atoms with Gasteiger partial charge in [0.2, 0.25) is 10.0 Å². The summed E-state index contributed by atoms with van der Waals surface area (Å²) in [7, 11) is -3.83. The van der Waals surface area contributed by atoms with Gasteiger partial charge in [0.05, 0.1) is 14.9 Å². The molecule has 0 aliphatic rings. The molecular formula is C14H11Cl2N3O4S. The molecule has 0 unspecified atom stereocenters. The molecule has 0 saturated heterocycles. The van der Waals surface area contributed by atoms with E-state index in [0.717, 1.165) is 0 Å². The van der Waals surface area contributed by atoms with Crippen molar-refractivity contribution in [3.63, 3.8) is 0 Å². The molecule has 10 heteroatoms. The molecule has 2 amide bonds. The molecular weight excluding hydrogens is 377 g/mol. The van der Waals surface area contributed by atoms with Gasteiger partial charge in [-0.3, -0.25) is 9.59 Å². The Hall–Kier alpha value is -2.13. The lowest BCUT2D eigenvalue weighted by atomic mass is 10.3. The highest BCUT2D eigenvalue weighted by Gasteiger charge is 2.15. The summed E-state index contributed by atoms with van der Waals surface area (Å²) in [6.45, 7) is 0. The van der Waals surface area contributed by atoms with E-state index in [1.54, 1.807) is 0 Å². The Morgan fingerprint density at radius 1 is 0.833 bits per heavy atom. The van der Waals surface area contributed by atoms with Crippen LogP contribution in [-0.2, 0) is 19.6 Å². The second kappa shape index (κ2) is 7.18. The molecule has 4 N–H and O–H groups in total. The molecule has 0 saturated carbocycles. The van der Waals surface area contributed by atoms with E-state index in [0.29, 0.717) is 10.7 Å². The van der Waals surface area contributed by atoms with Gasteiger partial charge in [0.15, 0.2) is 0 Å². The topological polar surface area (TPSA) is 118 Å². The number of hydrogen-bond donors (Lipinski definition) is 3. The summed E-state index contributed by atoms with van der Waals surface area (Å²) in [5.74, 6) is -1.87. The average molecular weight is 388 g/mol. The third-order valence-electron chi connectivity index (χ3n) is 2.82. The van der Waals surface area contributed by atoms with Gasteiger partial charge in [-0.25, -0.2) is 13.6 Å². The molecule has 0 spiro atoms. The number of halogens is 2. The number of rotatable bonds is 3. The minimum atomic E-state index is -3.83. The lowest BCUT2D eigenvalue weighted by molar-refractivity contribution is -0.132. The average Bonchev–Trinajstić information content (AvgIpc) is 2.50. The number of sulfonamides is 1. The van der Waals surface area contributed by atoms with Gasteiger partial charge in [-0.2, -0.15) is 0 Å². The van der Waals surface area contributed by atoms with Gasteiger partial charge in [-0.05, 0) is 42.5 Å². The molecule has 7 nitrogen and oxygen atoms in total. The van der Waals surface area contributed by atoms with E-state index in [4.69, 9.17) is 28.3 Å². The SMILES string of the molecule is NS(=O)(=O)c1ccc(NC(=O)C(=O)Nc2ccc(Cl)c(Cl)c2)cc1. The van der Waals surface area contributed by atoms with Crippen LogP contribution in [0.1, 0.15) is 0 Å². The maximum atomic E-state index is 11.8. The first-order valence-corrected chi connectivity index (χ1v) is 8.67. The molecule has 0 heterocycles. The fourth-order valence-corrected chi connectivity index (χ4v) is 2.49. The first kappa shape index (κ1) is 18.2. The van der Waals surface area contributed by atoms with Crippen LogP contribution >= 0.6 is 23.2 Å². The number of nitrogens with one attached hydrogen (secondary N) is 2. The first-order valence-electron chi connectivity index (χ1n) is 6.37. The third-order valence-corrected chi connectivity index (χ3v) is 4.49. The van der Waals surface area contributed by atoms with Gasteiger partial charge in [0, 0.05) is 11.4 Å². The number of hydrogen-bond acceptors (Lipinski definition) is 4. The standard InChI is InChI=1S/C14H11Cl2N3O4S/c15-11-6-3-9(7-12(11)16)19-14(21)13(20)18-8-1-4-10(5-2-8)24(17,22)23/h1-7H,(H,18,20)(H,19,21)(H2,17,22,23). The fraction of sp³-hybridized carbons (Fsp3) is 0. The van der Waals surface area contributed by atoms with Crippen LogP contribution in [0.4, 0.5) is 11.4 Å². The normalized spacial score (nSPS) is 11.0. The van der Waals surface area contributed by atoms with Gasteiger partial charge < -0.3 is 10.6 Å². The number of benzene rings is 2. The van der Waals surface area contributed by atoms with Crippen molar-refractivity contribution in [1.82, 2.24) is 0 Å². The van der Waals surface area contributed by atoms with Crippen LogP contribution in [0.2, 0.25) is 10.0 Å². The molecule has 0 atom stereocenters. The highest BCUT2D eigenvalue weighted by molar-refractivity contribution is 7.89. The van der Waals surface area contributed by atoms with Crippen molar-refractivity contribution < 1.29 is 18.0 Å². The van der Waals surface area contributed by atoms with Gasteiger partial charge in [-0.1, -0.05) is 23.2 Å². The minimum absolute atomic E-state index is 0.110. The lowest BCUT2D eigenvalue weighted by Crippen LogP contribution is -2.29. The quantitative estimate of drug-likeness (QED) is 0.699. The van der Waals surface area contributed by atoms with Crippen molar-refractivity contribution in [2.75, 3.05) is 10.6 Å². The Labute approximate surface area is 147 Å². The molecule has 24 heavy (non-hydrogen) atoms. The number of carbonyl (C=O) groups excluding carboxylic acids is 2. The van der Waals surface area contributed by atoms with E-state index in [1.807, 2.05) is 0 Å². The summed E-state index contributed by atoms with van der Waals surface area (Å²) in [6, 6.07) is 9.40. The van der Waals surface area contributed by atoms with E-state index < -0.39 is 21.8 Å². The van der Waals surface area contributed by atoms with Gasteiger partial charge in [0.1, 0.15) is 0 Å². The number of amides is 2. The van der Waals surface area contributed by atoms with Crippen molar-refractivity contribution in [1.29, 1.82) is 0 Å². The molecule has 2 aromatic rings. The third kappa shape index (κ3) is 4.68. The van der Waals surface area contributed by atoms with E-state index in [9.17, 15) is 18.0 Å². The highest BCUT2D eigenvalue weighted by atomic mass is 35.5. The van der Waals surface area contributed by atoms with Crippen molar-refractivity contribution in [3.05, 3.63) is 52.5 Å². The number of anilines is 2. The molecule has 2 aromatic carbocycles. The Morgan fingerprint density at radius 3 is 1.83 bits per heavy atom. The van der Waals surface area contributed by atoms with Crippen LogP contribution in [-0.4, -0.2) is 20.2 Å². The Balaban J connectivity index is 2.03. The fourth-order valence-electron chi connectivity index (χ4n) is 1.68. The predicted octanol–water partition coefficient (Wildman–Crippen LogP) is 2.22. The number of primary sulfonamides is 1. The van der Waals surface area contributed by atoms with E-state index >= 15 is 0 Å². The van der Waals surface area contributed by atoms with Crippen LogP contribution in [0.3, 0.4) is 0 Å². The molecule has 126 valence electrons. The highest BCUT2D eigenvalue weighted by Crippen LogP contribution is 2.25. The van der Waals surface area contributed by atoms with E-state index in [-0.39, 0.29) is 15.6 Å².